The first-order valence-corrected chi connectivity index (χ1v) is 6.19. The van der Waals surface area contributed by atoms with Crippen molar-refractivity contribution in [3.8, 4) is 11.8 Å². The fourth-order valence-electron chi connectivity index (χ4n) is 1.88. The molecule has 0 atom stereocenters. The second kappa shape index (κ2) is 6.04. The molecule has 2 aromatic rings. The molecule has 0 spiro atoms. The number of benzene rings is 1. The maximum absolute atomic E-state index is 11.6. The van der Waals surface area contributed by atoms with Crippen LogP contribution in [0.3, 0.4) is 0 Å². The van der Waals surface area contributed by atoms with Gasteiger partial charge < -0.3 is 14.4 Å². The Balaban J connectivity index is 2.33. The number of ether oxygens (including phenoxy) is 1. The van der Waals surface area contributed by atoms with E-state index < -0.39 is 0 Å². The first-order valence-electron chi connectivity index (χ1n) is 6.19. The number of aliphatic hydroxyl groups is 1. The Hall–Kier alpha value is -2.58. The van der Waals surface area contributed by atoms with Gasteiger partial charge in [0.05, 0.1) is 18.8 Å². The fourth-order valence-corrected chi connectivity index (χ4v) is 1.88. The van der Waals surface area contributed by atoms with Gasteiger partial charge in [0.15, 0.2) is 0 Å². The highest BCUT2D eigenvalue weighted by molar-refractivity contribution is 5.89. The van der Waals surface area contributed by atoms with Gasteiger partial charge in [0.2, 0.25) is 0 Å². The molecule has 1 heterocycles. The number of nitrogens with zero attached hydrogens (tertiary/aromatic N) is 2. The molecule has 1 aromatic heterocycles. The lowest BCUT2D eigenvalue weighted by atomic mass is 10.2. The molecule has 20 heavy (non-hydrogen) atoms. The average molecular weight is 270 g/mol. The Morgan fingerprint density at radius 2 is 2.10 bits per heavy atom. The van der Waals surface area contributed by atoms with Gasteiger partial charge >= 0.3 is 5.97 Å². The van der Waals surface area contributed by atoms with Crippen molar-refractivity contribution in [3.63, 3.8) is 0 Å². The van der Waals surface area contributed by atoms with Crippen LogP contribution in [0.15, 0.2) is 36.5 Å². The van der Waals surface area contributed by atoms with Crippen molar-refractivity contribution in [2.75, 3.05) is 6.61 Å². The zero-order valence-corrected chi connectivity index (χ0v) is 11.0. The molecule has 1 aromatic carbocycles. The predicted octanol–water partition coefficient (Wildman–Crippen LogP) is 2.02. The van der Waals surface area contributed by atoms with Crippen LogP contribution in [0.25, 0.3) is 5.69 Å². The average Bonchev–Trinajstić information content (AvgIpc) is 2.91. The first-order chi connectivity index (χ1) is 9.69. The number of hydrogen-bond acceptors (Lipinski definition) is 4. The van der Waals surface area contributed by atoms with Crippen molar-refractivity contribution in [2.45, 2.75) is 13.5 Å². The molecule has 2 rings (SSSR count). The number of hydrogen-bond donors (Lipinski definition) is 1. The van der Waals surface area contributed by atoms with Gasteiger partial charge in [-0.1, -0.05) is 0 Å². The minimum Gasteiger partial charge on any atom is -0.462 e. The van der Waals surface area contributed by atoms with Crippen molar-refractivity contribution in [2.24, 2.45) is 0 Å². The summed E-state index contributed by atoms with van der Waals surface area (Å²) in [7, 11) is 0. The van der Waals surface area contributed by atoms with E-state index in [4.69, 9.17) is 15.1 Å². The van der Waals surface area contributed by atoms with Gasteiger partial charge in [-0.15, -0.1) is 0 Å². The van der Waals surface area contributed by atoms with Gasteiger partial charge in [-0.05, 0) is 42.8 Å². The lowest BCUT2D eigenvalue weighted by Gasteiger charge is -2.06. The van der Waals surface area contributed by atoms with E-state index in [0.29, 0.717) is 23.4 Å². The summed E-state index contributed by atoms with van der Waals surface area (Å²) in [5.41, 5.74) is 2.30. The molecule has 0 radical (unpaired) electrons. The minimum atomic E-state index is -0.372. The van der Waals surface area contributed by atoms with Crippen LogP contribution in [0.5, 0.6) is 0 Å². The third kappa shape index (κ3) is 2.71. The van der Waals surface area contributed by atoms with Gasteiger partial charge in [-0.25, -0.2) is 4.79 Å². The second-order valence-corrected chi connectivity index (χ2v) is 4.14. The zero-order valence-electron chi connectivity index (χ0n) is 11.0. The summed E-state index contributed by atoms with van der Waals surface area (Å²) in [6.45, 7) is 1.96. The molecule has 0 amide bonds. The molecule has 0 saturated heterocycles. The van der Waals surface area contributed by atoms with E-state index >= 15 is 0 Å². The summed E-state index contributed by atoms with van der Waals surface area (Å²) in [6.07, 6.45) is 1.69. The van der Waals surface area contributed by atoms with Crippen molar-refractivity contribution >= 4 is 5.97 Å². The third-order valence-electron chi connectivity index (χ3n) is 2.83. The molecule has 0 aliphatic carbocycles. The summed E-state index contributed by atoms with van der Waals surface area (Å²) < 4.78 is 6.58. The van der Waals surface area contributed by atoms with Crippen LogP contribution in [-0.2, 0) is 11.3 Å². The highest BCUT2D eigenvalue weighted by atomic mass is 16.5. The smallest absolute Gasteiger partial charge is 0.338 e. The number of rotatable bonds is 4. The quantitative estimate of drug-likeness (QED) is 0.862. The zero-order chi connectivity index (χ0) is 14.5. The summed E-state index contributed by atoms with van der Waals surface area (Å²) in [5, 5.41) is 18.2. The minimum absolute atomic E-state index is 0.122. The van der Waals surface area contributed by atoms with E-state index in [1.54, 1.807) is 48.0 Å². The largest absolute Gasteiger partial charge is 0.462 e. The number of carbonyl (C=O) groups is 1. The Bertz CT molecular complexity index is 651. The third-order valence-corrected chi connectivity index (χ3v) is 2.83. The number of esters is 1. The van der Waals surface area contributed by atoms with Crippen molar-refractivity contribution in [3.05, 3.63) is 53.3 Å². The molecule has 0 saturated carbocycles. The second-order valence-electron chi connectivity index (χ2n) is 4.14. The van der Waals surface area contributed by atoms with E-state index in [-0.39, 0.29) is 12.6 Å². The maximum atomic E-state index is 11.6. The predicted molar refractivity (Wildman–Crippen MR) is 72.4 cm³/mol. The van der Waals surface area contributed by atoms with Crippen LogP contribution in [0.1, 0.15) is 28.5 Å². The van der Waals surface area contributed by atoms with Crippen molar-refractivity contribution < 1.29 is 14.6 Å². The molecule has 0 bridgehead atoms. The van der Waals surface area contributed by atoms with Crippen LogP contribution in [0.4, 0.5) is 0 Å². The molecule has 0 aliphatic heterocycles. The fraction of sp³-hybridized carbons (Fsp3) is 0.200. The van der Waals surface area contributed by atoms with Crippen LogP contribution in [0.2, 0.25) is 0 Å². The number of aromatic nitrogens is 1. The Morgan fingerprint density at radius 1 is 1.40 bits per heavy atom. The highest BCUT2D eigenvalue weighted by Gasteiger charge is 2.09. The Kier molecular flexibility index (Phi) is 4.18. The highest BCUT2D eigenvalue weighted by Crippen LogP contribution is 2.16. The number of nitriles is 1. The monoisotopic (exact) mass is 270 g/mol. The van der Waals surface area contributed by atoms with Gasteiger partial charge in [0.25, 0.3) is 0 Å². The molecule has 1 N–H and O–H groups in total. The summed E-state index contributed by atoms with van der Waals surface area (Å²) in [4.78, 5) is 11.6. The van der Waals surface area contributed by atoms with Crippen LogP contribution < -0.4 is 0 Å². The van der Waals surface area contributed by atoms with Gasteiger partial charge in [-0.2, -0.15) is 5.26 Å². The molecule has 102 valence electrons. The number of aliphatic hydroxyl groups excluding tert-OH is 1. The first kappa shape index (κ1) is 13.8. The standard InChI is InChI=1S/C15H14N2O3/c1-2-20-15(19)12-3-5-13(6-4-12)17-9-11(10-18)7-14(17)8-16/h3-7,9,18H,2,10H2,1H3. The van der Waals surface area contributed by atoms with Gasteiger partial charge in [-0.3, -0.25) is 0 Å². The summed E-state index contributed by atoms with van der Waals surface area (Å²) >= 11 is 0. The van der Waals surface area contributed by atoms with Crippen molar-refractivity contribution in [1.82, 2.24) is 4.57 Å². The van der Waals surface area contributed by atoms with Crippen LogP contribution >= 0.6 is 0 Å². The molecule has 0 fully saturated rings. The van der Waals surface area contributed by atoms with Gasteiger partial charge in [0, 0.05) is 11.9 Å². The van der Waals surface area contributed by atoms with E-state index in [0.717, 1.165) is 5.69 Å². The lowest BCUT2D eigenvalue weighted by Crippen LogP contribution is -2.05. The van der Waals surface area contributed by atoms with E-state index in [1.807, 2.05) is 0 Å². The van der Waals surface area contributed by atoms with E-state index in [2.05, 4.69) is 6.07 Å². The van der Waals surface area contributed by atoms with Gasteiger partial charge in [0.1, 0.15) is 11.8 Å². The SMILES string of the molecule is CCOC(=O)c1ccc(-n2cc(CO)cc2C#N)cc1. The lowest BCUT2D eigenvalue weighted by molar-refractivity contribution is 0.0526. The van der Waals surface area contributed by atoms with Crippen LogP contribution in [0, 0.1) is 11.3 Å². The molecule has 5 nitrogen and oxygen atoms in total. The summed E-state index contributed by atoms with van der Waals surface area (Å²) in [6, 6.07) is 10.4. The van der Waals surface area contributed by atoms with E-state index in [9.17, 15) is 4.79 Å². The molecule has 5 heteroatoms. The Morgan fingerprint density at radius 3 is 2.65 bits per heavy atom. The Labute approximate surface area is 116 Å². The normalized spacial score (nSPS) is 10.1. The van der Waals surface area contributed by atoms with Crippen molar-refractivity contribution in [1.29, 1.82) is 5.26 Å². The number of carbonyl (C=O) groups excluding carboxylic acids is 1. The van der Waals surface area contributed by atoms with E-state index in [1.165, 1.54) is 0 Å². The molecule has 0 aliphatic rings. The van der Waals surface area contributed by atoms with Crippen LogP contribution in [-0.4, -0.2) is 22.2 Å². The molecular weight excluding hydrogens is 256 g/mol. The molecule has 0 unspecified atom stereocenters. The topological polar surface area (TPSA) is 75.2 Å². The molecular formula is C15H14N2O3. The maximum Gasteiger partial charge on any atom is 0.338 e. The summed E-state index contributed by atoms with van der Waals surface area (Å²) in [5.74, 6) is -0.372.